The van der Waals surface area contributed by atoms with Crippen LogP contribution in [0, 0.1) is 4.64 Å². The summed E-state index contributed by atoms with van der Waals surface area (Å²) in [6, 6.07) is 8.49. The van der Waals surface area contributed by atoms with Crippen molar-refractivity contribution in [3.63, 3.8) is 0 Å². The van der Waals surface area contributed by atoms with Gasteiger partial charge in [0, 0.05) is 11.3 Å². The number of aromatic nitrogens is 2. The molecule has 0 saturated heterocycles. The molecular weight excluding hydrogens is 332 g/mol. The molecule has 1 aromatic heterocycles. The Balaban J connectivity index is 2.50. The zero-order chi connectivity index (χ0) is 14.9. The maximum atomic E-state index is 5.34. The van der Waals surface area contributed by atoms with E-state index in [1.807, 2.05) is 0 Å². The second-order valence-electron chi connectivity index (χ2n) is 5.55. The first-order chi connectivity index (χ1) is 9.40. The molecule has 0 aliphatic carbocycles. The van der Waals surface area contributed by atoms with Crippen LogP contribution in [0.3, 0.4) is 0 Å². The Bertz CT molecular complexity index is 657. The van der Waals surface area contributed by atoms with Crippen molar-refractivity contribution in [2.24, 2.45) is 0 Å². The van der Waals surface area contributed by atoms with Crippen LogP contribution >= 0.6 is 28.1 Å². The molecule has 1 N–H and O–H groups in total. The van der Waals surface area contributed by atoms with Gasteiger partial charge in [0.2, 0.25) is 0 Å². The highest BCUT2D eigenvalue weighted by Gasteiger charge is 2.11. The van der Waals surface area contributed by atoms with Gasteiger partial charge >= 0.3 is 0 Å². The Labute approximate surface area is 133 Å². The third-order valence-electron chi connectivity index (χ3n) is 3.32. The molecule has 0 amide bonds. The van der Waals surface area contributed by atoms with Crippen molar-refractivity contribution < 1.29 is 0 Å². The molecule has 2 rings (SSSR count). The van der Waals surface area contributed by atoms with Crippen molar-refractivity contribution in [3.8, 4) is 11.4 Å². The number of hydrogen-bond donors (Lipinski definition) is 1. The lowest BCUT2D eigenvalue weighted by atomic mass is 10.0. The Morgan fingerprint density at radius 3 is 2.15 bits per heavy atom. The summed E-state index contributed by atoms with van der Waals surface area (Å²) in [4.78, 5) is 7.87. The lowest BCUT2D eigenvalue weighted by molar-refractivity contribution is 0.807. The third kappa shape index (κ3) is 3.18. The standard InChI is InChI=1S/C16H19BrN2S/c1-9(2)11-5-7-12(8-6-11)15-18-14(10(3)4)13(17)16(20)19-15/h5-10H,1-4H3,(H,18,19,20). The second-order valence-corrected chi connectivity index (χ2v) is 6.73. The number of aromatic amines is 1. The number of benzene rings is 1. The van der Waals surface area contributed by atoms with Crippen LogP contribution in [0.5, 0.6) is 0 Å². The number of hydrogen-bond acceptors (Lipinski definition) is 2. The van der Waals surface area contributed by atoms with Crippen molar-refractivity contribution in [1.29, 1.82) is 0 Å². The van der Waals surface area contributed by atoms with E-state index in [0.717, 1.165) is 21.6 Å². The molecule has 20 heavy (non-hydrogen) atoms. The lowest BCUT2D eigenvalue weighted by Gasteiger charge is -2.12. The van der Waals surface area contributed by atoms with Gasteiger partial charge in [-0.1, -0.05) is 64.2 Å². The molecule has 0 saturated carbocycles. The van der Waals surface area contributed by atoms with Crippen LogP contribution in [0.2, 0.25) is 0 Å². The predicted molar refractivity (Wildman–Crippen MR) is 90.7 cm³/mol. The van der Waals surface area contributed by atoms with Crippen LogP contribution in [-0.4, -0.2) is 9.97 Å². The summed E-state index contributed by atoms with van der Waals surface area (Å²) in [5.41, 5.74) is 3.48. The van der Waals surface area contributed by atoms with E-state index in [4.69, 9.17) is 12.2 Å². The fourth-order valence-electron chi connectivity index (χ4n) is 2.04. The second kappa shape index (κ2) is 6.19. The Kier molecular flexibility index (Phi) is 4.76. The van der Waals surface area contributed by atoms with E-state index in [2.05, 4.69) is 77.9 Å². The molecule has 0 bridgehead atoms. The molecule has 106 valence electrons. The molecule has 1 aromatic carbocycles. The summed E-state index contributed by atoms with van der Waals surface area (Å²) in [5, 5.41) is 0. The van der Waals surface area contributed by atoms with E-state index in [-0.39, 0.29) is 0 Å². The zero-order valence-corrected chi connectivity index (χ0v) is 14.6. The quantitative estimate of drug-likeness (QED) is 0.706. The minimum Gasteiger partial charge on any atom is -0.342 e. The van der Waals surface area contributed by atoms with Crippen LogP contribution in [-0.2, 0) is 0 Å². The summed E-state index contributed by atoms with van der Waals surface area (Å²) in [6.07, 6.45) is 0. The van der Waals surface area contributed by atoms with Gasteiger partial charge in [0.15, 0.2) is 0 Å². The van der Waals surface area contributed by atoms with Crippen LogP contribution in [0.25, 0.3) is 11.4 Å². The number of nitrogens with one attached hydrogen (secondary N) is 1. The molecule has 0 aliphatic rings. The lowest BCUT2D eigenvalue weighted by Crippen LogP contribution is -2.00. The van der Waals surface area contributed by atoms with Gasteiger partial charge in [-0.25, -0.2) is 4.98 Å². The van der Waals surface area contributed by atoms with Gasteiger partial charge in [-0.2, -0.15) is 0 Å². The monoisotopic (exact) mass is 350 g/mol. The Morgan fingerprint density at radius 1 is 1.05 bits per heavy atom. The maximum absolute atomic E-state index is 5.34. The number of H-pyrrole nitrogens is 1. The summed E-state index contributed by atoms with van der Waals surface area (Å²) < 4.78 is 1.50. The van der Waals surface area contributed by atoms with Gasteiger partial charge in [-0.05, 0) is 33.3 Å². The van der Waals surface area contributed by atoms with Gasteiger partial charge < -0.3 is 4.98 Å². The molecule has 4 heteroatoms. The van der Waals surface area contributed by atoms with Crippen molar-refractivity contribution in [2.75, 3.05) is 0 Å². The first-order valence-electron chi connectivity index (χ1n) is 6.80. The van der Waals surface area contributed by atoms with Gasteiger partial charge in [0.25, 0.3) is 0 Å². The molecule has 1 heterocycles. The van der Waals surface area contributed by atoms with E-state index in [0.29, 0.717) is 16.5 Å². The third-order valence-corrected chi connectivity index (χ3v) is 4.68. The smallest absolute Gasteiger partial charge is 0.144 e. The van der Waals surface area contributed by atoms with E-state index in [1.54, 1.807) is 0 Å². The molecule has 0 radical (unpaired) electrons. The van der Waals surface area contributed by atoms with Gasteiger partial charge in [-0.15, -0.1) is 0 Å². The van der Waals surface area contributed by atoms with Crippen molar-refractivity contribution in [2.45, 2.75) is 39.5 Å². The molecule has 0 atom stereocenters. The summed E-state index contributed by atoms with van der Waals surface area (Å²) in [6.45, 7) is 8.66. The van der Waals surface area contributed by atoms with E-state index < -0.39 is 0 Å². The molecular formula is C16H19BrN2S. The average Bonchev–Trinajstić information content (AvgIpc) is 2.41. The Morgan fingerprint density at radius 2 is 1.65 bits per heavy atom. The van der Waals surface area contributed by atoms with Crippen molar-refractivity contribution >= 4 is 28.1 Å². The first-order valence-corrected chi connectivity index (χ1v) is 8.00. The summed E-state index contributed by atoms with van der Waals surface area (Å²) in [5.74, 6) is 1.73. The number of nitrogens with zero attached hydrogens (tertiary/aromatic N) is 1. The minimum absolute atomic E-state index is 0.364. The van der Waals surface area contributed by atoms with Crippen molar-refractivity contribution in [1.82, 2.24) is 9.97 Å². The van der Waals surface area contributed by atoms with Crippen LogP contribution < -0.4 is 0 Å². The molecule has 0 spiro atoms. The highest BCUT2D eigenvalue weighted by atomic mass is 79.9. The van der Waals surface area contributed by atoms with Gasteiger partial charge in [0.1, 0.15) is 10.5 Å². The van der Waals surface area contributed by atoms with Crippen molar-refractivity contribution in [3.05, 3.63) is 44.6 Å². The summed E-state index contributed by atoms with van der Waals surface area (Å²) >= 11 is 8.86. The largest absolute Gasteiger partial charge is 0.342 e. The normalized spacial score (nSPS) is 11.3. The minimum atomic E-state index is 0.364. The fourth-order valence-corrected chi connectivity index (χ4v) is 2.88. The molecule has 2 nitrogen and oxygen atoms in total. The van der Waals surface area contributed by atoms with E-state index in [9.17, 15) is 0 Å². The molecule has 0 unspecified atom stereocenters. The molecule has 2 aromatic rings. The molecule has 0 aliphatic heterocycles. The SMILES string of the molecule is CC(C)c1ccc(-c2nc(=S)c(Br)c(C(C)C)[nH]2)cc1. The first kappa shape index (κ1) is 15.4. The number of rotatable bonds is 3. The Hall–Kier alpha value is -1.00. The van der Waals surface area contributed by atoms with Gasteiger partial charge in [-0.3, -0.25) is 0 Å². The fraction of sp³-hybridized carbons (Fsp3) is 0.375. The van der Waals surface area contributed by atoms with Gasteiger partial charge in [0.05, 0.1) is 4.47 Å². The number of halogens is 1. The van der Waals surface area contributed by atoms with E-state index in [1.165, 1.54) is 5.56 Å². The molecule has 0 fully saturated rings. The average molecular weight is 351 g/mol. The van der Waals surface area contributed by atoms with Crippen LogP contribution in [0.1, 0.15) is 50.8 Å². The maximum Gasteiger partial charge on any atom is 0.144 e. The zero-order valence-electron chi connectivity index (χ0n) is 12.2. The van der Waals surface area contributed by atoms with Crippen LogP contribution in [0.15, 0.2) is 28.7 Å². The predicted octanol–water partition coefficient (Wildman–Crippen LogP) is 5.82. The topological polar surface area (TPSA) is 28.7 Å². The highest BCUT2D eigenvalue weighted by molar-refractivity contribution is 9.10. The highest BCUT2D eigenvalue weighted by Crippen LogP contribution is 2.27. The van der Waals surface area contributed by atoms with Crippen LogP contribution in [0.4, 0.5) is 0 Å². The van der Waals surface area contributed by atoms with E-state index >= 15 is 0 Å². The summed E-state index contributed by atoms with van der Waals surface area (Å²) in [7, 11) is 0.